The van der Waals surface area contributed by atoms with Gasteiger partial charge < -0.3 is 5.32 Å². The van der Waals surface area contributed by atoms with E-state index in [1.807, 2.05) is 29.2 Å². The van der Waals surface area contributed by atoms with Gasteiger partial charge in [-0.1, -0.05) is 11.6 Å². The highest BCUT2D eigenvalue weighted by Crippen LogP contribution is 2.29. The molecule has 3 heterocycles. The van der Waals surface area contributed by atoms with E-state index in [4.69, 9.17) is 11.6 Å². The molecule has 0 amide bonds. The second-order valence-corrected chi connectivity index (χ2v) is 7.07. The van der Waals surface area contributed by atoms with Gasteiger partial charge in [0.05, 0.1) is 28.5 Å². The molecule has 0 aliphatic rings. The lowest BCUT2D eigenvalue weighted by molar-refractivity contribution is 0.546. The zero-order chi connectivity index (χ0) is 15.0. The Balaban J connectivity index is 1.84. The highest BCUT2D eigenvalue weighted by molar-refractivity contribution is 7.16. The lowest BCUT2D eigenvalue weighted by atomic mass is 10.2. The summed E-state index contributed by atoms with van der Waals surface area (Å²) in [6.07, 6.45) is 3.72. The largest absolute Gasteiger partial charge is 0.376 e. The lowest BCUT2D eigenvalue weighted by Gasteiger charge is -2.13. The average Bonchev–Trinajstić information content (AvgIpc) is 3.04. The molecule has 6 heteroatoms. The van der Waals surface area contributed by atoms with Crippen LogP contribution < -0.4 is 5.32 Å². The van der Waals surface area contributed by atoms with Crippen LogP contribution in [0.5, 0.6) is 0 Å². The van der Waals surface area contributed by atoms with Crippen molar-refractivity contribution in [1.82, 2.24) is 14.8 Å². The summed E-state index contributed by atoms with van der Waals surface area (Å²) in [5.74, 6) is 0. The van der Waals surface area contributed by atoms with E-state index in [9.17, 15) is 0 Å². The van der Waals surface area contributed by atoms with Gasteiger partial charge in [-0.2, -0.15) is 5.10 Å². The number of nitrogens with one attached hydrogen (secondary N) is 1. The topological polar surface area (TPSA) is 42.7 Å². The van der Waals surface area contributed by atoms with Crippen LogP contribution in [-0.2, 0) is 0 Å². The third-order valence-corrected chi connectivity index (χ3v) is 4.74. The molecule has 0 saturated carbocycles. The van der Waals surface area contributed by atoms with Crippen LogP contribution in [0.25, 0.3) is 11.0 Å². The molecule has 0 radical (unpaired) electrons. The van der Waals surface area contributed by atoms with E-state index < -0.39 is 0 Å². The Morgan fingerprint density at radius 1 is 1.24 bits per heavy atom. The maximum atomic E-state index is 5.99. The van der Waals surface area contributed by atoms with E-state index in [1.54, 1.807) is 11.3 Å². The predicted molar refractivity (Wildman–Crippen MR) is 89.3 cm³/mol. The summed E-state index contributed by atoms with van der Waals surface area (Å²) >= 11 is 7.58. The molecule has 0 saturated heterocycles. The van der Waals surface area contributed by atoms with E-state index in [2.05, 4.69) is 42.2 Å². The summed E-state index contributed by atoms with van der Waals surface area (Å²) in [6, 6.07) is 6.56. The van der Waals surface area contributed by atoms with Gasteiger partial charge in [0, 0.05) is 16.3 Å². The molecule has 110 valence electrons. The van der Waals surface area contributed by atoms with E-state index >= 15 is 0 Å². The van der Waals surface area contributed by atoms with Crippen molar-refractivity contribution in [3.05, 3.63) is 39.8 Å². The van der Waals surface area contributed by atoms with Crippen LogP contribution in [0.3, 0.4) is 0 Å². The zero-order valence-corrected chi connectivity index (χ0v) is 13.7. The molecule has 0 spiro atoms. The number of pyridine rings is 1. The zero-order valence-electron chi connectivity index (χ0n) is 12.2. The number of aromatic nitrogens is 3. The highest BCUT2D eigenvalue weighted by atomic mass is 35.5. The van der Waals surface area contributed by atoms with Crippen molar-refractivity contribution < 1.29 is 0 Å². The second-order valence-electron chi connectivity index (χ2n) is 5.33. The Labute approximate surface area is 132 Å². The number of anilines is 1. The Morgan fingerprint density at radius 3 is 2.71 bits per heavy atom. The number of thiophene rings is 1. The van der Waals surface area contributed by atoms with Gasteiger partial charge in [-0.15, -0.1) is 11.3 Å². The molecule has 0 fully saturated rings. The van der Waals surface area contributed by atoms with Crippen LogP contribution in [0.2, 0.25) is 4.34 Å². The molecular weight excluding hydrogens is 304 g/mol. The lowest BCUT2D eigenvalue weighted by Crippen LogP contribution is -2.06. The summed E-state index contributed by atoms with van der Waals surface area (Å²) in [5.41, 5.74) is 1.91. The Bertz CT molecular complexity index is 762. The number of nitrogens with zero attached hydrogens (tertiary/aromatic N) is 3. The molecule has 1 N–H and O–H groups in total. The molecule has 0 aliphatic heterocycles. The van der Waals surface area contributed by atoms with Gasteiger partial charge in [-0.05, 0) is 39.0 Å². The number of hydrogen-bond donors (Lipinski definition) is 1. The van der Waals surface area contributed by atoms with Crippen LogP contribution in [0.1, 0.15) is 37.7 Å². The third kappa shape index (κ3) is 2.89. The van der Waals surface area contributed by atoms with Crippen molar-refractivity contribution in [3.63, 3.8) is 0 Å². The van der Waals surface area contributed by atoms with E-state index in [0.29, 0.717) is 6.04 Å². The van der Waals surface area contributed by atoms with Crippen LogP contribution in [0, 0.1) is 0 Å². The Kier molecular flexibility index (Phi) is 3.87. The fraction of sp³-hybridized carbons (Fsp3) is 0.333. The SMILES string of the molecule is CC(Nc1cnc2c(cnn2C(C)C)c1)c1ccc(Cl)s1. The van der Waals surface area contributed by atoms with Gasteiger partial charge in [0.2, 0.25) is 0 Å². The standard InChI is InChI=1S/C15H17ClN4S/c1-9(2)20-15-11(7-18-20)6-12(8-17-15)19-10(3)13-4-5-14(16)21-13/h4-10,19H,1-3H3. The van der Waals surface area contributed by atoms with Crippen molar-refractivity contribution in [2.75, 3.05) is 5.32 Å². The fourth-order valence-electron chi connectivity index (χ4n) is 2.28. The summed E-state index contributed by atoms with van der Waals surface area (Å²) in [4.78, 5) is 5.74. The van der Waals surface area contributed by atoms with Crippen LogP contribution in [0.15, 0.2) is 30.6 Å². The number of hydrogen-bond acceptors (Lipinski definition) is 4. The van der Waals surface area contributed by atoms with Gasteiger partial charge in [0.1, 0.15) is 0 Å². The van der Waals surface area contributed by atoms with E-state index in [-0.39, 0.29) is 6.04 Å². The molecule has 3 aromatic rings. The highest BCUT2D eigenvalue weighted by Gasteiger charge is 2.11. The molecular formula is C15H17ClN4S. The number of halogens is 1. The van der Waals surface area contributed by atoms with Gasteiger partial charge in [-0.25, -0.2) is 9.67 Å². The predicted octanol–water partition coefficient (Wildman–Crippen LogP) is 4.90. The first-order chi connectivity index (χ1) is 10.0. The minimum Gasteiger partial charge on any atom is -0.376 e. The summed E-state index contributed by atoms with van der Waals surface area (Å²) < 4.78 is 2.74. The molecule has 1 atom stereocenters. The quantitative estimate of drug-likeness (QED) is 0.743. The Hall–Kier alpha value is -1.59. The molecule has 0 aliphatic carbocycles. The first-order valence-electron chi connectivity index (χ1n) is 6.89. The van der Waals surface area contributed by atoms with Crippen LogP contribution >= 0.6 is 22.9 Å². The van der Waals surface area contributed by atoms with Gasteiger partial charge in [0.25, 0.3) is 0 Å². The summed E-state index contributed by atoms with van der Waals surface area (Å²) in [6.45, 7) is 6.32. The normalized spacial score (nSPS) is 13.0. The van der Waals surface area contributed by atoms with Crippen molar-refractivity contribution in [3.8, 4) is 0 Å². The van der Waals surface area contributed by atoms with Gasteiger partial charge >= 0.3 is 0 Å². The van der Waals surface area contributed by atoms with Gasteiger partial charge in [-0.3, -0.25) is 0 Å². The van der Waals surface area contributed by atoms with Crippen LogP contribution in [-0.4, -0.2) is 14.8 Å². The molecule has 3 aromatic heterocycles. The third-order valence-electron chi connectivity index (χ3n) is 3.33. The van der Waals surface area contributed by atoms with Crippen molar-refractivity contribution >= 4 is 39.7 Å². The maximum absolute atomic E-state index is 5.99. The smallest absolute Gasteiger partial charge is 0.158 e. The molecule has 0 aromatic carbocycles. The van der Waals surface area contributed by atoms with E-state index in [1.165, 1.54) is 4.88 Å². The molecule has 3 rings (SSSR count). The minimum atomic E-state index is 0.196. The first-order valence-corrected chi connectivity index (χ1v) is 8.09. The summed E-state index contributed by atoms with van der Waals surface area (Å²) in [5, 5.41) is 8.89. The maximum Gasteiger partial charge on any atom is 0.158 e. The average molecular weight is 321 g/mol. The monoisotopic (exact) mass is 320 g/mol. The molecule has 0 bridgehead atoms. The van der Waals surface area contributed by atoms with Crippen molar-refractivity contribution in [1.29, 1.82) is 0 Å². The molecule has 21 heavy (non-hydrogen) atoms. The number of rotatable bonds is 4. The molecule has 1 unspecified atom stereocenters. The van der Waals surface area contributed by atoms with E-state index in [0.717, 1.165) is 21.1 Å². The molecule has 4 nitrogen and oxygen atoms in total. The second kappa shape index (κ2) is 5.66. The first kappa shape index (κ1) is 14.4. The number of fused-ring (bicyclic) bond motifs is 1. The summed E-state index contributed by atoms with van der Waals surface area (Å²) in [7, 11) is 0. The minimum absolute atomic E-state index is 0.196. The van der Waals surface area contributed by atoms with Crippen molar-refractivity contribution in [2.45, 2.75) is 32.9 Å². The fourth-order valence-corrected chi connectivity index (χ4v) is 3.34. The Morgan fingerprint density at radius 2 is 2.05 bits per heavy atom. The van der Waals surface area contributed by atoms with Crippen LogP contribution in [0.4, 0.5) is 5.69 Å². The van der Waals surface area contributed by atoms with Gasteiger partial charge in [0.15, 0.2) is 5.65 Å². The van der Waals surface area contributed by atoms with Crippen molar-refractivity contribution in [2.24, 2.45) is 0 Å².